The minimum absolute atomic E-state index is 0.0655. The molecule has 0 radical (unpaired) electrons. The van der Waals surface area contributed by atoms with Gasteiger partial charge >= 0.3 is 6.43 Å². The van der Waals surface area contributed by atoms with Crippen LogP contribution >= 0.6 is 0 Å². The van der Waals surface area contributed by atoms with Crippen LogP contribution in [0.4, 0.5) is 14.6 Å². The predicted molar refractivity (Wildman–Crippen MR) is 110 cm³/mol. The molecule has 2 aromatic heterocycles. The molecule has 0 unspecified atom stereocenters. The van der Waals surface area contributed by atoms with Crippen molar-refractivity contribution in [1.29, 1.82) is 0 Å². The first-order valence-electron chi connectivity index (χ1n) is 9.69. The number of rotatable bonds is 5. The Kier molecular flexibility index (Phi) is 4.69. The molecule has 32 heavy (non-hydrogen) atoms. The Morgan fingerprint density at radius 1 is 1.09 bits per heavy atom. The Balaban J connectivity index is 1.50. The second-order valence-corrected chi connectivity index (χ2v) is 7.28. The number of benzene rings is 2. The van der Waals surface area contributed by atoms with E-state index in [1.807, 2.05) is 30.5 Å². The van der Waals surface area contributed by atoms with Crippen molar-refractivity contribution in [3.8, 4) is 28.3 Å². The summed E-state index contributed by atoms with van der Waals surface area (Å²) in [5, 5.41) is 11.5. The van der Waals surface area contributed by atoms with Gasteiger partial charge in [-0.15, -0.1) is 10.2 Å². The molecule has 0 spiro atoms. The van der Waals surface area contributed by atoms with E-state index in [-0.39, 0.29) is 11.8 Å². The van der Waals surface area contributed by atoms with Gasteiger partial charge in [0.1, 0.15) is 5.75 Å². The van der Waals surface area contributed by atoms with Gasteiger partial charge in [-0.3, -0.25) is 14.4 Å². The van der Waals surface area contributed by atoms with Gasteiger partial charge in [0.25, 0.3) is 11.8 Å². The van der Waals surface area contributed by atoms with Crippen molar-refractivity contribution in [2.75, 3.05) is 12.0 Å². The van der Waals surface area contributed by atoms with Gasteiger partial charge in [-0.25, -0.2) is 0 Å². The first kappa shape index (κ1) is 19.9. The first-order chi connectivity index (χ1) is 15.4. The number of carbonyl (C=O) groups is 1. The summed E-state index contributed by atoms with van der Waals surface area (Å²) >= 11 is 0. The molecule has 0 saturated heterocycles. The Morgan fingerprint density at radius 2 is 1.94 bits per heavy atom. The van der Waals surface area contributed by atoms with Gasteiger partial charge in [0.15, 0.2) is 5.82 Å². The average Bonchev–Trinajstić information content (AvgIpc) is 3.51. The summed E-state index contributed by atoms with van der Waals surface area (Å²) in [5.41, 5.74) is 3.26. The smallest absolute Gasteiger partial charge is 0.314 e. The molecule has 10 heteroatoms. The fourth-order valence-electron chi connectivity index (χ4n) is 3.71. The van der Waals surface area contributed by atoms with Gasteiger partial charge in [0.05, 0.1) is 13.7 Å². The molecule has 5 rings (SSSR count). The average molecular weight is 437 g/mol. The highest BCUT2D eigenvalue weighted by atomic mass is 19.3. The topological polar surface area (TPSA) is 86.3 Å². The molecule has 1 aliphatic rings. The van der Waals surface area contributed by atoms with E-state index in [1.54, 1.807) is 41.9 Å². The van der Waals surface area contributed by atoms with Crippen LogP contribution in [0.15, 0.2) is 53.1 Å². The maximum absolute atomic E-state index is 13.3. The summed E-state index contributed by atoms with van der Waals surface area (Å²) in [6.45, 7) is 0.328. The minimum Gasteiger partial charge on any atom is -0.497 e. The summed E-state index contributed by atoms with van der Waals surface area (Å²) in [6, 6.07) is 12.5. The number of alkyl halides is 2. The van der Waals surface area contributed by atoms with E-state index in [0.29, 0.717) is 29.2 Å². The number of anilines is 1. The van der Waals surface area contributed by atoms with Crippen molar-refractivity contribution in [3.63, 3.8) is 0 Å². The summed E-state index contributed by atoms with van der Waals surface area (Å²) in [7, 11) is 3.38. The van der Waals surface area contributed by atoms with Gasteiger partial charge in [0, 0.05) is 29.9 Å². The number of fused-ring (bicyclic) bond motifs is 1. The number of hydrogen-bond donors (Lipinski definition) is 0. The molecule has 4 aromatic rings. The third-order valence-corrected chi connectivity index (χ3v) is 5.23. The maximum Gasteiger partial charge on any atom is 0.314 e. The van der Waals surface area contributed by atoms with E-state index in [9.17, 15) is 13.6 Å². The number of carbonyl (C=O) groups excluding carboxylic acids is 1. The molecular formula is C22H17F2N5O3. The lowest BCUT2D eigenvalue weighted by Gasteiger charge is -2.15. The van der Waals surface area contributed by atoms with Crippen LogP contribution in [0.3, 0.4) is 0 Å². The number of methoxy groups -OCH3 is 1. The molecule has 0 aliphatic carbocycles. The normalized spacial score (nSPS) is 13.2. The summed E-state index contributed by atoms with van der Waals surface area (Å²) in [5.74, 6) is 0.134. The van der Waals surface area contributed by atoms with E-state index in [4.69, 9.17) is 9.15 Å². The van der Waals surface area contributed by atoms with E-state index >= 15 is 0 Å². The van der Waals surface area contributed by atoms with E-state index < -0.39 is 12.3 Å². The molecule has 8 nitrogen and oxygen atoms in total. The van der Waals surface area contributed by atoms with Crippen LogP contribution in [0.1, 0.15) is 28.2 Å². The van der Waals surface area contributed by atoms with Crippen molar-refractivity contribution in [2.45, 2.75) is 13.0 Å². The highest BCUT2D eigenvalue weighted by molar-refractivity contribution is 6.11. The Hall–Kier alpha value is -4.08. The quantitative estimate of drug-likeness (QED) is 0.464. The summed E-state index contributed by atoms with van der Waals surface area (Å²) in [6.07, 6.45) is -1.02. The third kappa shape index (κ3) is 3.29. The Bertz CT molecular complexity index is 1330. The second kappa shape index (κ2) is 7.56. The van der Waals surface area contributed by atoms with Crippen LogP contribution in [0.25, 0.3) is 22.6 Å². The minimum atomic E-state index is -2.86. The first-order valence-corrected chi connectivity index (χ1v) is 9.69. The van der Waals surface area contributed by atoms with Crippen LogP contribution < -0.4 is 9.64 Å². The zero-order valence-corrected chi connectivity index (χ0v) is 17.1. The number of ether oxygens (including phenoxy) is 1. The third-order valence-electron chi connectivity index (χ3n) is 5.23. The molecule has 1 amide bonds. The van der Waals surface area contributed by atoms with Gasteiger partial charge in [-0.1, -0.05) is 18.2 Å². The summed E-state index contributed by atoms with van der Waals surface area (Å²) in [4.78, 5) is 14.9. The zero-order chi connectivity index (χ0) is 22.4. The van der Waals surface area contributed by atoms with Crippen LogP contribution in [0.2, 0.25) is 0 Å². The van der Waals surface area contributed by atoms with Gasteiger partial charge in [0.2, 0.25) is 5.89 Å². The molecule has 0 N–H and O–H groups in total. The fourth-order valence-corrected chi connectivity index (χ4v) is 3.71. The van der Waals surface area contributed by atoms with Gasteiger partial charge < -0.3 is 9.15 Å². The second-order valence-electron chi connectivity index (χ2n) is 7.28. The standard InChI is InChI=1S/C22H17F2N5O3/c1-28-11-17(12-4-3-5-15(8-12)31-2)19(27-28)29-10-14-7-6-13(9-16(14)22(29)30)20-25-26-21(32-20)18(23)24/h3-9,11,18H,10H2,1-2H3. The van der Waals surface area contributed by atoms with E-state index in [2.05, 4.69) is 15.3 Å². The van der Waals surface area contributed by atoms with Crippen molar-refractivity contribution >= 4 is 11.7 Å². The highest BCUT2D eigenvalue weighted by Gasteiger charge is 2.33. The molecule has 0 fully saturated rings. The molecule has 162 valence electrons. The van der Waals surface area contributed by atoms with E-state index in [1.165, 1.54) is 0 Å². The summed E-state index contributed by atoms with van der Waals surface area (Å²) < 4.78 is 37.5. The molecule has 0 saturated carbocycles. The number of nitrogens with zero attached hydrogens (tertiary/aromatic N) is 5. The van der Waals surface area contributed by atoms with Crippen LogP contribution in [0, 0.1) is 0 Å². The molecule has 0 bridgehead atoms. The highest BCUT2D eigenvalue weighted by Crippen LogP contribution is 2.37. The van der Waals surface area contributed by atoms with Crippen LogP contribution in [0.5, 0.6) is 5.75 Å². The lowest BCUT2D eigenvalue weighted by molar-refractivity contribution is 0.0995. The maximum atomic E-state index is 13.3. The number of halogens is 2. The zero-order valence-electron chi connectivity index (χ0n) is 17.1. The van der Waals surface area contributed by atoms with Crippen molar-refractivity contribution in [3.05, 3.63) is 65.7 Å². The molecule has 2 aromatic carbocycles. The van der Waals surface area contributed by atoms with E-state index in [0.717, 1.165) is 16.7 Å². The molecule has 1 aliphatic heterocycles. The Labute approximate surface area is 181 Å². The number of amides is 1. The SMILES string of the molecule is COc1cccc(-c2cn(C)nc2N2Cc3ccc(-c4nnc(C(F)F)o4)cc3C2=O)c1. The molecule has 0 atom stereocenters. The van der Waals surface area contributed by atoms with Gasteiger partial charge in [-0.05, 0) is 35.4 Å². The van der Waals surface area contributed by atoms with Crippen molar-refractivity contribution in [1.82, 2.24) is 20.0 Å². The number of aryl methyl sites for hydroxylation is 1. The van der Waals surface area contributed by atoms with Gasteiger partial charge in [-0.2, -0.15) is 13.9 Å². The fraction of sp³-hybridized carbons (Fsp3) is 0.182. The number of aromatic nitrogens is 4. The number of hydrogen-bond acceptors (Lipinski definition) is 6. The van der Waals surface area contributed by atoms with Crippen LogP contribution in [-0.2, 0) is 13.6 Å². The van der Waals surface area contributed by atoms with Crippen LogP contribution in [-0.4, -0.2) is 33.0 Å². The van der Waals surface area contributed by atoms with Crippen molar-refractivity contribution < 1.29 is 22.7 Å². The predicted octanol–water partition coefficient (Wildman–Crippen LogP) is 4.24. The monoisotopic (exact) mass is 437 g/mol. The lowest BCUT2D eigenvalue weighted by Crippen LogP contribution is -2.24. The van der Waals surface area contributed by atoms with Crippen molar-refractivity contribution in [2.24, 2.45) is 7.05 Å². The Morgan fingerprint density at radius 3 is 2.69 bits per heavy atom. The molecule has 3 heterocycles. The lowest BCUT2D eigenvalue weighted by atomic mass is 10.1. The molecular weight excluding hydrogens is 420 g/mol. The largest absolute Gasteiger partial charge is 0.497 e.